The van der Waals surface area contributed by atoms with E-state index in [2.05, 4.69) is 4.98 Å². The Labute approximate surface area is 93.5 Å². The van der Waals surface area contributed by atoms with Gasteiger partial charge in [-0.3, -0.25) is 4.79 Å². The predicted molar refractivity (Wildman–Crippen MR) is 61.3 cm³/mol. The van der Waals surface area contributed by atoms with E-state index in [1.165, 1.54) is 0 Å². The Bertz CT molecular complexity index is 531. The molecular formula is C12H14N2O2. The molecule has 2 aromatic rings. The van der Waals surface area contributed by atoms with Crippen LogP contribution >= 0.6 is 0 Å². The van der Waals surface area contributed by atoms with E-state index < -0.39 is 11.9 Å². The van der Waals surface area contributed by atoms with Gasteiger partial charge in [-0.2, -0.15) is 0 Å². The minimum absolute atomic E-state index is 0.406. The van der Waals surface area contributed by atoms with Crippen molar-refractivity contribution in [3.05, 3.63) is 30.1 Å². The summed E-state index contributed by atoms with van der Waals surface area (Å²) in [5.41, 5.74) is 1.91. The second-order valence-corrected chi connectivity index (χ2v) is 4.00. The van der Waals surface area contributed by atoms with Crippen molar-refractivity contribution in [2.45, 2.75) is 20.4 Å². The van der Waals surface area contributed by atoms with Gasteiger partial charge in [-0.05, 0) is 19.1 Å². The highest BCUT2D eigenvalue weighted by Crippen LogP contribution is 2.17. The summed E-state index contributed by atoms with van der Waals surface area (Å²) in [7, 11) is 0. The highest BCUT2D eigenvalue weighted by molar-refractivity contribution is 5.76. The average molecular weight is 218 g/mol. The van der Waals surface area contributed by atoms with Crippen LogP contribution in [0.4, 0.5) is 0 Å². The lowest BCUT2D eigenvalue weighted by Crippen LogP contribution is -2.17. The Kier molecular flexibility index (Phi) is 2.64. The number of carboxylic acids is 1. The fourth-order valence-corrected chi connectivity index (χ4v) is 1.78. The van der Waals surface area contributed by atoms with E-state index in [0.717, 1.165) is 16.9 Å². The summed E-state index contributed by atoms with van der Waals surface area (Å²) in [6.45, 7) is 4.06. The van der Waals surface area contributed by atoms with Crippen LogP contribution < -0.4 is 0 Å². The minimum atomic E-state index is -0.780. The number of benzene rings is 1. The van der Waals surface area contributed by atoms with Crippen LogP contribution in [0.5, 0.6) is 0 Å². The number of fused-ring (bicyclic) bond motifs is 1. The molecule has 16 heavy (non-hydrogen) atoms. The summed E-state index contributed by atoms with van der Waals surface area (Å²) in [5.74, 6) is -0.331. The van der Waals surface area contributed by atoms with Crippen LogP contribution in [0.15, 0.2) is 24.3 Å². The van der Waals surface area contributed by atoms with Crippen molar-refractivity contribution in [1.29, 1.82) is 0 Å². The SMILES string of the molecule is Cc1nc2ccccc2n1C[C@@H](C)C(=O)O. The zero-order chi connectivity index (χ0) is 11.7. The zero-order valence-corrected chi connectivity index (χ0v) is 9.34. The summed E-state index contributed by atoms with van der Waals surface area (Å²) in [5, 5.41) is 8.91. The van der Waals surface area contributed by atoms with Crippen LogP contribution in [-0.2, 0) is 11.3 Å². The van der Waals surface area contributed by atoms with Gasteiger partial charge in [-0.15, -0.1) is 0 Å². The molecule has 0 saturated heterocycles. The monoisotopic (exact) mass is 218 g/mol. The summed E-state index contributed by atoms with van der Waals surface area (Å²) in [4.78, 5) is 15.2. The number of aliphatic carboxylic acids is 1. The van der Waals surface area contributed by atoms with Gasteiger partial charge >= 0.3 is 5.97 Å². The van der Waals surface area contributed by atoms with Crippen molar-refractivity contribution in [3.8, 4) is 0 Å². The van der Waals surface area contributed by atoms with Crippen LogP contribution in [0.3, 0.4) is 0 Å². The van der Waals surface area contributed by atoms with E-state index in [9.17, 15) is 4.79 Å². The molecule has 0 fully saturated rings. The van der Waals surface area contributed by atoms with Crippen LogP contribution in [0.2, 0.25) is 0 Å². The molecule has 1 N–H and O–H groups in total. The van der Waals surface area contributed by atoms with Gasteiger partial charge in [0.2, 0.25) is 0 Å². The van der Waals surface area contributed by atoms with Crippen LogP contribution in [0.25, 0.3) is 11.0 Å². The van der Waals surface area contributed by atoms with Gasteiger partial charge < -0.3 is 9.67 Å². The molecule has 4 nitrogen and oxygen atoms in total. The molecule has 0 aliphatic carbocycles. The summed E-state index contributed by atoms with van der Waals surface area (Å²) in [6, 6.07) is 7.76. The molecule has 0 spiro atoms. The molecule has 84 valence electrons. The Morgan fingerprint density at radius 1 is 1.50 bits per heavy atom. The standard InChI is InChI=1S/C12H14N2O2/c1-8(12(15)16)7-14-9(2)13-10-5-3-4-6-11(10)14/h3-6,8H,7H2,1-2H3,(H,15,16)/t8-/m1/s1. The second kappa shape index (κ2) is 3.96. The van der Waals surface area contributed by atoms with Gasteiger partial charge in [0.1, 0.15) is 5.82 Å². The Hall–Kier alpha value is -1.84. The third-order valence-corrected chi connectivity index (χ3v) is 2.72. The molecule has 2 rings (SSSR count). The number of hydrogen-bond acceptors (Lipinski definition) is 2. The lowest BCUT2D eigenvalue weighted by Gasteiger charge is -2.10. The maximum atomic E-state index is 10.8. The van der Waals surface area contributed by atoms with E-state index in [0.29, 0.717) is 6.54 Å². The van der Waals surface area contributed by atoms with Crippen LogP contribution in [0, 0.1) is 12.8 Å². The highest BCUT2D eigenvalue weighted by Gasteiger charge is 2.15. The molecule has 0 aliphatic heterocycles. The summed E-state index contributed by atoms with van der Waals surface area (Å²) in [6.07, 6.45) is 0. The molecule has 1 atom stereocenters. The minimum Gasteiger partial charge on any atom is -0.481 e. The Balaban J connectivity index is 2.43. The predicted octanol–water partition coefficient (Wildman–Crippen LogP) is 2.07. The largest absolute Gasteiger partial charge is 0.481 e. The second-order valence-electron chi connectivity index (χ2n) is 4.00. The van der Waals surface area contributed by atoms with E-state index in [1.54, 1.807) is 6.92 Å². The summed E-state index contributed by atoms with van der Waals surface area (Å²) >= 11 is 0. The number of para-hydroxylation sites is 2. The van der Waals surface area contributed by atoms with Gasteiger partial charge in [0.15, 0.2) is 0 Å². The molecule has 0 aliphatic rings. The number of imidazole rings is 1. The van der Waals surface area contributed by atoms with Gasteiger partial charge in [-0.25, -0.2) is 4.98 Å². The number of nitrogens with zero attached hydrogens (tertiary/aromatic N) is 2. The van der Waals surface area contributed by atoms with Crippen molar-refractivity contribution in [3.63, 3.8) is 0 Å². The number of rotatable bonds is 3. The molecule has 1 aromatic carbocycles. The number of aryl methyl sites for hydroxylation is 1. The quantitative estimate of drug-likeness (QED) is 0.858. The highest BCUT2D eigenvalue weighted by atomic mass is 16.4. The molecule has 1 aromatic heterocycles. The molecule has 4 heteroatoms. The van der Waals surface area contributed by atoms with Crippen molar-refractivity contribution >= 4 is 17.0 Å². The molecule has 0 saturated carbocycles. The van der Waals surface area contributed by atoms with Gasteiger partial charge in [-0.1, -0.05) is 19.1 Å². The van der Waals surface area contributed by atoms with E-state index >= 15 is 0 Å². The first-order valence-electron chi connectivity index (χ1n) is 5.24. The number of carbonyl (C=O) groups is 1. The average Bonchev–Trinajstić information content (AvgIpc) is 2.55. The maximum absolute atomic E-state index is 10.8. The molecule has 0 bridgehead atoms. The van der Waals surface area contributed by atoms with Crippen LogP contribution in [0.1, 0.15) is 12.7 Å². The first-order chi connectivity index (χ1) is 7.59. The van der Waals surface area contributed by atoms with E-state index in [-0.39, 0.29) is 0 Å². The van der Waals surface area contributed by atoms with Crippen molar-refractivity contribution in [2.24, 2.45) is 5.92 Å². The van der Waals surface area contributed by atoms with E-state index in [4.69, 9.17) is 5.11 Å². The molecule has 0 radical (unpaired) electrons. The lowest BCUT2D eigenvalue weighted by atomic mass is 10.2. The zero-order valence-electron chi connectivity index (χ0n) is 9.34. The van der Waals surface area contributed by atoms with E-state index in [1.807, 2.05) is 35.8 Å². The third-order valence-electron chi connectivity index (χ3n) is 2.72. The first-order valence-corrected chi connectivity index (χ1v) is 5.24. The number of hydrogen-bond donors (Lipinski definition) is 1. The first kappa shape index (κ1) is 10.7. The topological polar surface area (TPSA) is 55.1 Å². The van der Waals surface area contributed by atoms with Crippen molar-refractivity contribution in [1.82, 2.24) is 9.55 Å². The third kappa shape index (κ3) is 1.78. The normalized spacial score (nSPS) is 12.9. The van der Waals surface area contributed by atoms with Crippen molar-refractivity contribution in [2.75, 3.05) is 0 Å². The summed E-state index contributed by atoms with van der Waals surface area (Å²) < 4.78 is 1.95. The smallest absolute Gasteiger partial charge is 0.308 e. The fraction of sp³-hybridized carbons (Fsp3) is 0.333. The Morgan fingerprint density at radius 2 is 2.19 bits per heavy atom. The molecule has 0 amide bonds. The molecular weight excluding hydrogens is 204 g/mol. The fourth-order valence-electron chi connectivity index (χ4n) is 1.78. The van der Waals surface area contributed by atoms with Gasteiger partial charge in [0.05, 0.1) is 17.0 Å². The van der Waals surface area contributed by atoms with Gasteiger partial charge in [0, 0.05) is 6.54 Å². The maximum Gasteiger partial charge on any atom is 0.308 e. The number of carboxylic acid groups (broad SMARTS) is 1. The van der Waals surface area contributed by atoms with Crippen LogP contribution in [-0.4, -0.2) is 20.6 Å². The molecule has 1 heterocycles. The Morgan fingerprint density at radius 3 is 2.88 bits per heavy atom. The van der Waals surface area contributed by atoms with Crippen molar-refractivity contribution < 1.29 is 9.90 Å². The number of aromatic nitrogens is 2. The lowest BCUT2D eigenvalue weighted by molar-refractivity contribution is -0.141. The molecule has 0 unspecified atom stereocenters. The van der Waals surface area contributed by atoms with Gasteiger partial charge in [0.25, 0.3) is 0 Å².